The first kappa shape index (κ1) is 24.3. The molecule has 0 saturated carbocycles. The second kappa shape index (κ2) is 12.0. The second-order valence-electron chi connectivity index (χ2n) is 9.23. The van der Waals surface area contributed by atoms with Gasteiger partial charge in [-0.1, -0.05) is 68.4 Å². The van der Waals surface area contributed by atoms with Crippen LogP contribution in [0.4, 0.5) is 0 Å². The fourth-order valence-corrected chi connectivity index (χ4v) is 4.45. The molecule has 34 heavy (non-hydrogen) atoms. The van der Waals surface area contributed by atoms with E-state index >= 15 is 0 Å². The van der Waals surface area contributed by atoms with Crippen LogP contribution in [0.1, 0.15) is 54.5 Å². The molecule has 4 nitrogen and oxygen atoms in total. The van der Waals surface area contributed by atoms with Crippen molar-refractivity contribution in [3.63, 3.8) is 0 Å². The van der Waals surface area contributed by atoms with Crippen LogP contribution in [0.15, 0.2) is 66.7 Å². The first-order chi connectivity index (χ1) is 16.6. The van der Waals surface area contributed by atoms with Crippen LogP contribution >= 0.6 is 0 Å². The van der Waals surface area contributed by atoms with Gasteiger partial charge in [0.2, 0.25) is 0 Å². The van der Waals surface area contributed by atoms with Gasteiger partial charge in [0.25, 0.3) is 0 Å². The molecule has 4 rings (SSSR count). The molecule has 2 bridgehead atoms. The van der Waals surface area contributed by atoms with E-state index in [4.69, 9.17) is 14.2 Å². The van der Waals surface area contributed by atoms with E-state index < -0.39 is 0 Å². The summed E-state index contributed by atoms with van der Waals surface area (Å²) in [4.78, 5) is 2.44. The number of para-hydroxylation sites is 1. The van der Waals surface area contributed by atoms with E-state index in [9.17, 15) is 0 Å². The van der Waals surface area contributed by atoms with Crippen molar-refractivity contribution >= 4 is 0 Å². The second-order valence-corrected chi connectivity index (χ2v) is 9.23. The molecular weight excluding hydrogens is 422 g/mol. The maximum atomic E-state index is 6.15. The molecule has 0 spiro atoms. The number of benzene rings is 3. The third-order valence-corrected chi connectivity index (χ3v) is 6.25. The minimum atomic E-state index is 0.487. The van der Waals surface area contributed by atoms with Crippen LogP contribution in [0.3, 0.4) is 0 Å². The Morgan fingerprint density at radius 1 is 0.912 bits per heavy atom. The van der Waals surface area contributed by atoms with Gasteiger partial charge in [0.15, 0.2) is 0 Å². The molecule has 0 fully saturated rings. The first-order valence-electron chi connectivity index (χ1n) is 12.5. The van der Waals surface area contributed by atoms with Gasteiger partial charge in [-0.2, -0.15) is 0 Å². The van der Waals surface area contributed by atoms with E-state index in [1.807, 2.05) is 13.0 Å². The Morgan fingerprint density at radius 2 is 1.76 bits per heavy atom. The zero-order valence-electron chi connectivity index (χ0n) is 20.8. The molecule has 0 radical (unpaired) electrons. The molecule has 0 aromatic heterocycles. The molecule has 0 saturated heterocycles. The Balaban J connectivity index is 1.59. The third-order valence-electron chi connectivity index (χ3n) is 6.25. The highest BCUT2D eigenvalue weighted by atomic mass is 16.5. The van der Waals surface area contributed by atoms with E-state index in [1.54, 1.807) is 0 Å². The Kier molecular flexibility index (Phi) is 8.62. The van der Waals surface area contributed by atoms with Crippen LogP contribution in [0.25, 0.3) is 0 Å². The maximum Gasteiger partial charge on any atom is 0.123 e. The molecule has 180 valence electrons. The van der Waals surface area contributed by atoms with Gasteiger partial charge in [0.1, 0.15) is 18.1 Å². The van der Waals surface area contributed by atoms with Gasteiger partial charge in [0, 0.05) is 31.6 Å². The molecule has 0 aliphatic carbocycles. The SMILES string of the molecule is CCOc1ccccc1CN1CCOCCOc2ccc(C(C)C)cc2Cc2cccc(c2)C1. The summed E-state index contributed by atoms with van der Waals surface area (Å²) < 4.78 is 18.0. The van der Waals surface area contributed by atoms with Crippen molar-refractivity contribution < 1.29 is 14.2 Å². The summed E-state index contributed by atoms with van der Waals surface area (Å²) >= 11 is 0. The van der Waals surface area contributed by atoms with Gasteiger partial charge < -0.3 is 14.2 Å². The lowest BCUT2D eigenvalue weighted by Crippen LogP contribution is -2.28. The van der Waals surface area contributed by atoms with Crippen LogP contribution < -0.4 is 9.47 Å². The molecule has 3 aromatic rings. The van der Waals surface area contributed by atoms with Gasteiger partial charge in [0.05, 0.1) is 19.8 Å². The van der Waals surface area contributed by atoms with Gasteiger partial charge in [-0.15, -0.1) is 0 Å². The summed E-state index contributed by atoms with van der Waals surface area (Å²) in [5.41, 5.74) is 6.41. The summed E-state index contributed by atoms with van der Waals surface area (Å²) in [7, 11) is 0. The lowest BCUT2D eigenvalue weighted by Gasteiger charge is -2.24. The Hall–Kier alpha value is -2.82. The van der Waals surface area contributed by atoms with E-state index in [1.165, 1.54) is 27.8 Å². The van der Waals surface area contributed by atoms with E-state index in [2.05, 4.69) is 79.4 Å². The topological polar surface area (TPSA) is 30.9 Å². The van der Waals surface area contributed by atoms with E-state index in [-0.39, 0.29) is 0 Å². The van der Waals surface area contributed by atoms with Crippen molar-refractivity contribution in [2.45, 2.75) is 46.2 Å². The van der Waals surface area contributed by atoms with Gasteiger partial charge >= 0.3 is 0 Å². The zero-order chi connectivity index (χ0) is 23.8. The highest BCUT2D eigenvalue weighted by molar-refractivity contribution is 5.42. The van der Waals surface area contributed by atoms with Crippen molar-refractivity contribution in [1.29, 1.82) is 0 Å². The van der Waals surface area contributed by atoms with Crippen molar-refractivity contribution in [2.24, 2.45) is 0 Å². The summed E-state index contributed by atoms with van der Waals surface area (Å²) in [5.74, 6) is 2.41. The van der Waals surface area contributed by atoms with Crippen molar-refractivity contribution in [3.8, 4) is 11.5 Å². The Morgan fingerprint density at radius 3 is 2.62 bits per heavy atom. The van der Waals surface area contributed by atoms with Crippen molar-refractivity contribution in [3.05, 3.63) is 94.5 Å². The van der Waals surface area contributed by atoms with Crippen molar-refractivity contribution in [1.82, 2.24) is 4.90 Å². The Bertz CT molecular complexity index is 1060. The van der Waals surface area contributed by atoms with Gasteiger partial charge in [-0.3, -0.25) is 4.90 Å². The average Bonchev–Trinajstić information content (AvgIpc) is 2.83. The summed E-state index contributed by atoms with van der Waals surface area (Å²) in [6.07, 6.45) is 0.859. The fraction of sp³-hybridized carbons (Fsp3) is 0.400. The van der Waals surface area contributed by atoms with Crippen molar-refractivity contribution in [2.75, 3.05) is 33.0 Å². The molecular formula is C30H37NO3. The lowest BCUT2D eigenvalue weighted by atomic mass is 9.96. The van der Waals surface area contributed by atoms with Crippen LogP contribution in [0.5, 0.6) is 11.5 Å². The third kappa shape index (κ3) is 6.62. The number of hydrogen-bond donors (Lipinski definition) is 0. The fourth-order valence-electron chi connectivity index (χ4n) is 4.45. The number of fused-ring (bicyclic) bond motifs is 3. The van der Waals surface area contributed by atoms with Crippen LogP contribution in [0, 0.1) is 0 Å². The standard InChI is InChI=1S/C30H37NO3/c1-4-33-29-11-6-5-10-27(29)22-31-14-15-32-16-17-34-30-13-12-26(23(2)3)20-28(30)19-24-8-7-9-25(18-24)21-31/h5-13,18,20,23H,4,14-17,19,21-22H2,1-3H3. The molecule has 0 unspecified atom stereocenters. The summed E-state index contributed by atoms with van der Waals surface area (Å²) in [5, 5.41) is 0. The normalized spacial score (nSPS) is 15.3. The minimum absolute atomic E-state index is 0.487. The van der Waals surface area contributed by atoms with Gasteiger partial charge in [-0.05, 0) is 47.2 Å². The largest absolute Gasteiger partial charge is 0.494 e. The number of ether oxygens (including phenoxy) is 3. The van der Waals surface area contributed by atoms with Gasteiger partial charge in [-0.25, -0.2) is 0 Å². The minimum Gasteiger partial charge on any atom is -0.494 e. The molecule has 4 heteroatoms. The highest BCUT2D eigenvalue weighted by Crippen LogP contribution is 2.28. The van der Waals surface area contributed by atoms with E-state index in [0.717, 1.165) is 37.6 Å². The molecule has 1 heterocycles. The molecule has 0 N–H and O–H groups in total. The smallest absolute Gasteiger partial charge is 0.123 e. The number of hydrogen-bond acceptors (Lipinski definition) is 4. The molecule has 0 atom stereocenters. The molecule has 1 aliphatic heterocycles. The Labute approximate surface area is 204 Å². The summed E-state index contributed by atoms with van der Waals surface area (Å²) in [6.45, 7) is 11.5. The average molecular weight is 460 g/mol. The lowest BCUT2D eigenvalue weighted by molar-refractivity contribution is 0.0755. The predicted octanol–water partition coefficient (Wildman–Crippen LogP) is 6.21. The van der Waals surface area contributed by atoms with Crippen LogP contribution in [0.2, 0.25) is 0 Å². The van der Waals surface area contributed by atoms with Crippen LogP contribution in [-0.4, -0.2) is 37.9 Å². The quantitative estimate of drug-likeness (QED) is 0.454. The van der Waals surface area contributed by atoms with Crippen LogP contribution in [-0.2, 0) is 24.2 Å². The number of rotatable bonds is 5. The predicted molar refractivity (Wildman–Crippen MR) is 138 cm³/mol. The zero-order valence-corrected chi connectivity index (χ0v) is 20.8. The maximum absolute atomic E-state index is 6.15. The molecule has 0 amide bonds. The monoisotopic (exact) mass is 459 g/mol. The summed E-state index contributed by atoms with van der Waals surface area (Å²) in [6, 6.07) is 23.9. The highest BCUT2D eigenvalue weighted by Gasteiger charge is 2.14. The number of nitrogens with zero attached hydrogens (tertiary/aromatic N) is 1. The molecule has 3 aromatic carbocycles. The first-order valence-corrected chi connectivity index (χ1v) is 12.5. The van der Waals surface area contributed by atoms with E-state index in [0.29, 0.717) is 32.3 Å². The molecule has 1 aliphatic rings.